The first-order valence-corrected chi connectivity index (χ1v) is 6.20. The molecule has 80 valence electrons. The molecule has 3 rings (SSSR count). The van der Waals surface area contributed by atoms with Gasteiger partial charge in [0.15, 0.2) is 0 Å². The highest BCUT2D eigenvalue weighted by Crippen LogP contribution is 2.56. The van der Waals surface area contributed by atoms with Crippen molar-refractivity contribution in [1.29, 1.82) is 0 Å². The smallest absolute Gasteiger partial charge is 0.0654 e. The summed E-state index contributed by atoms with van der Waals surface area (Å²) in [4.78, 5) is 0. The maximum Gasteiger partial charge on any atom is 0.0654 e. The lowest BCUT2D eigenvalue weighted by molar-refractivity contribution is -0.0276. The lowest BCUT2D eigenvalue weighted by atomic mass is 9.70. The molecule has 3 fully saturated rings. The molecule has 1 saturated heterocycles. The van der Waals surface area contributed by atoms with Gasteiger partial charge in [0, 0.05) is 12.1 Å². The van der Waals surface area contributed by atoms with Crippen LogP contribution in [0.3, 0.4) is 0 Å². The molecule has 0 aromatic heterocycles. The van der Waals surface area contributed by atoms with Crippen LogP contribution >= 0.6 is 0 Å². The highest BCUT2D eigenvalue weighted by atomic mass is 16.5. The van der Waals surface area contributed by atoms with E-state index in [0.717, 1.165) is 19.8 Å². The number of rotatable bonds is 0. The second kappa shape index (κ2) is 3.21. The summed E-state index contributed by atoms with van der Waals surface area (Å²) < 4.78 is 5.73. The zero-order chi connectivity index (χ0) is 9.49. The molecule has 2 spiro atoms. The average Bonchev–Trinajstić information content (AvgIpc) is 2.80. The number of fused-ring (bicyclic) bond motifs is 1. The van der Waals surface area contributed by atoms with E-state index in [1.165, 1.54) is 44.9 Å². The van der Waals surface area contributed by atoms with Crippen LogP contribution in [0.1, 0.15) is 44.9 Å². The molecule has 2 nitrogen and oxygen atoms in total. The molecule has 0 aromatic rings. The first-order chi connectivity index (χ1) is 6.87. The Labute approximate surface area is 86.4 Å². The first-order valence-electron chi connectivity index (χ1n) is 6.20. The predicted molar refractivity (Wildman–Crippen MR) is 56.3 cm³/mol. The van der Waals surface area contributed by atoms with Gasteiger partial charge in [0.1, 0.15) is 0 Å². The molecule has 1 unspecified atom stereocenters. The minimum absolute atomic E-state index is 0.377. The van der Waals surface area contributed by atoms with Crippen molar-refractivity contribution < 1.29 is 4.74 Å². The molecule has 1 atom stereocenters. The van der Waals surface area contributed by atoms with Gasteiger partial charge in [-0.1, -0.05) is 19.3 Å². The molecular weight excluding hydrogens is 174 g/mol. The fourth-order valence-corrected chi connectivity index (χ4v) is 4.17. The van der Waals surface area contributed by atoms with Crippen LogP contribution in [0, 0.1) is 5.41 Å². The number of nitrogens with one attached hydrogen (secondary N) is 1. The van der Waals surface area contributed by atoms with E-state index in [1.807, 2.05) is 0 Å². The SMILES string of the molecule is C1CCC2(C1)CCCC21COCCN1. The Bertz CT molecular complexity index is 209. The molecule has 0 radical (unpaired) electrons. The van der Waals surface area contributed by atoms with Gasteiger partial charge in [-0.3, -0.25) is 0 Å². The van der Waals surface area contributed by atoms with Crippen molar-refractivity contribution in [3.8, 4) is 0 Å². The molecule has 1 heterocycles. The lowest BCUT2D eigenvalue weighted by Crippen LogP contribution is -2.61. The summed E-state index contributed by atoms with van der Waals surface area (Å²) in [7, 11) is 0. The highest BCUT2D eigenvalue weighted by Gasteiger charge is 2.55. The molecule has 0 aromatic carbocycles. The van der Waals surface area contributed by atoms with Gasteiger partial charge in [-0.2, -0.15) is 0 Å². The molecule has 14 heavy (non-hydrogen) atoms. The summed E-state index contributed by atoms with van der Waals surface area (Å²) in [6.07, 6.45) is 10.0. The second-order valence-corrected chi connectivity index (χ2v) is 5.40. The van der Waals surface area contributed by atoms with Gasteiger partial charge in [0.05, 0.1) is 13.2 Å². The largest absolute Gasteiger partial charge is 0.378 e. The number of hydrogen-bond acceptors (Lipinski definition) is 2. The molecule has 0 bridgehead atoms. The van der Waals surface area contributed by atoms with Crippen molar-refractivity contribution >= 4 is 0 Å². The molecule has 1 N–H and O–H groups in total. The molecule has 2 heteroatoms. The highest BCUT2D eigenvalue weighted by molar-refractivity contribution is 5.11. The Morgan fingerprint density at radius 1 is 0.929 bits per heavy atom. The molecule has 1 aliphatic heterocycles. The van der Waals surface area contributed by atoms with Crippen LogP contribution in [0.2, 0.25) is 0 Å². The average molecular weight is 195 g/mol. The van der Waals surface area contributed by atoms with Crippen LogP contribution in [-0.4, -0.2) is 25.3 Å². The number of ether oxygens (including phenoxy) is 1. The monoisotopic (exact) mass is 195 g/mol. The Morgan fingerprint density at radius 2 is 1.71 bits per heavy atom. The van der Waals surface area contributed by atoms with E-state index in [9.17, 15) is 0 Å². The molecular formula is C12H21NO. The minimum Gasteiger partial charge on any atom is -0.378 e. The van der Waals surface area contributed by atoms with Crippen molar-refractivity contribution in [2.24, 2.45) is 5.41 Å². The van der Waals surface area contributed by atoms with Crippen molar-refractivity contribution in [1.82, 2.24) is 5.32 Å². The minimum atomic E-state index is 0.377. The first kappa shape index (κ1) is 9.17. The van der Waals surface area contributed by atoms with E-state index in [0.29, 0.717) is 11.0 Å². The van der Waals surface area contributed by atoms with Crippen LogP contribution in [0.4, 0.5) is 0 Å². The Morgan fingerprint density at radius 3 is 2.43 bits per heavy atom. The summed E-state index contributed by atoms with van der Waals surface area (Å²) in [5.41, 5.74) is 0.995. The lowest BCUT2D eigenvalue weighted by Gasteiger charge is -2.47. The van der Waals surface area contributed by atoms with Gasteiger partial charge in [-0.15, -0.1) is 0 Å². The van der Waals surface area contributed by atoms with Gasteiger partial charge < -0.3 is 10.1 Å². The van der Waals surface area contributed by atoms with E-state index < -0.39 is 0 Å². The van der Waals surface area contributed by atoms with E-state index in [2.05, 4.69) is 5.32 Å². The van der Waals surface area contributed by atoms with Gasteiger partial charge in [0.2, 0.25) is 0 Å². The van der Waals surface area contributed by atoms with Gasteiger partial charge in [0.25, 0.3) is 0 Å². The summed E-state index contributed by atoms with van der Waals surface area (Å²) in [6.45, 7) is 2.96. The fourth-order valence-electron chi connectivity index (χ4n) is 4.17. The van der Waals surface area contributed by atoms with Crippen LogP contribution in [0.25, 0.3) is 0 Å². The zero-order valence-corrected chi connectivity index (χ0v) is 8.98. The van der Waals surface area contributed by atoms with Gasteiger partial charge in [-0.05, 0) is 31.1 Å². The van der Waals surface area contributed by atoms with E-state index in [4.69, 9.17) is 4.74 Å². The quantitative estimate of drug-likeness (QED) is 0.639. The summed E-state index contributed by atoms with van der Waals surface area (Å²) in [6, 6.07) is 0. The fraction of sp³-hybridized carbons (Fsp3) is 1.00. The Balaban J connectivity index is 1.88. The Hall–Kier alpha value is -0.0800. The maximum atomic E-state index is 5.73. The topological polar surface area (TPSA) is 21.3 Å². The van der Waals surface area contributed by atoms with E-state index >= 15 is 0 Å². The van der Waals surface area contributed by atoms with Crippen LogP contribution < -0.4 is 5.32 Å². The normalized spacial score (nSPS) is 41.1. The van der Waals surface area contributed by atoms with Crippen molar-refractivity contribution in [2.75, 3.05) is 19.8 Å². The van der Waals surface area contributed by atoms with E-state index in [-0.39, 0.29) is 0 Å². The zero-order valence-electron chi connectivity index (χ0n) is 8.98. The molecule has 3 aliphatic rings. The predicted octanol–water partition coefficient (Wildman–Crippen LogP) is 2.09. The molecule has 0 amide bonds. The van der Waals surface area contributed by atoms with Crippen LogP contribution in [0.15, 0.2) is 0 Å². The third-order valence-electron chi connectivity index (χ3n) is 4.89. The summed E-state index contributed by atoms with van der Waals surface area (Å²) >= 11 is 0. The number of hydrogen-bond donors (Lipinski definition) is 1. The second-order valence-electron chi connectivity index (χ2n) is 5.40. The van der Waals surface area contributed by atoms with Gasteiger partial charge in [-0.25, -0.2) is 0 Å². The Kier molecular flexibility index (Phi) is 2.10. The summed E-state index contributed by atoms with van der Waals surface area (Å²) in [5, 5.41) is 3.80. The van der Waals surface area contributed by atoms with Crippen LogP contribution in [0.5, 0.6) is 0 Å². The maximum absolute atomic E-state index is 5.73. The molecule has 2 aliphatic carbocycles. The summed E-state index contributed by atoms with van der Waals surface area (Å²) in [5.74, 6) is 0. The van der Waals surface area contributed by atoms with Crippen LogP contribution in [-0.2, 0) is 4.74 Å². The van der Waals surface area contributed by atoms with Gasteiger partial charge >= 0.3 is 0 Å². The van der Waals surface area contributed by atoms with Crippen molar-refractivity contribution in [3.63, 3.8) is 0 Å². The van der Waals surface area contributed by atoms with E-state index in [1.54, 1.807) is 0 Å². The van der Waals surface area contributed by atoms with Crippen molar-refractivity contribution in [3.05, 3.63) is 0 Å². The number of morpholine rings is 1. The standard InChI is InChI=1S/C12H21NO/c1-2-5-11(4-1)6-3-7-12(11)10-14-9-8-13-12/h13H,1-10H2. The third-order valence-corrected chi connectivity index (χ3v) is 4.89. The third kappa shape index (κ3) is 1.10. The molecule has 2 saturated carbocycles. The van der Waals surface area contributed by atoms with Crippen molar-refractivity contribution in [2.45, 2.75) is 50.5 Å².